The third-order valence-corrected chi connectivity index (χ3v) is 3.42. The number of hydrogen-bond acceptors (Lipinski definition) is 3. The Balaban J connectivity index is 2.03. The lowest BCUT2D eigenvalue weighted by atomic mass is 9.92. The fourth-order valence-corrected chi connectivity index (χ4v) is 2.41. The molecule has 0 aromatic heterocycles. The normalized spacial score (nSPS) is 23.4. The number of ether oxygens (including phenoxy) is 1. The van der Waals surface area contributed by atoms with Crippen LogP contribution in [0.3, 0.4) is 0 Å². The summed E-state index contributed by atoms with van der Waals surface area (Å²) in [5.74, 6) is -0.367. The van der Waals surface area contributed by atoms with Crippen LogP contribution in [0.1, 0.15) is 31.2 Å². The van der Waals surface area contributed by atoms with Crippen molar-refractivity contribution in [2.45, 2.75) is 37.8 Å². The van der Waals surface area contributed by atoms with E-state index < -0.39 is 0 Å². The second kappa shape index (κ2) is 5.83. The Morgan fingerprint density at radius 3 is 2.94 bits per heavy atom. The van der Waals surface area contributed by atoms with Crippen molar-refractivity contribution < 1.29 is 9.13 Å². The van der Waals surface area contributed by atoms with Gasteiger partial charge in [0.2, 0.25) is 0 Å². The Morgan fingerprint density at radius 1 is 1.44 bits per heavy atom. The van der Waals surface area contributed by atoms with Crippen molar-refractivity contribution in [3.8, 4) is 6.07 Å². The van der Waals surface area contributed by atoms with E-state index in [1.807, 2.05) is 6.07 Å². The number of hydrogen-bond donors (Lipinski definition) is 1. The van der Waals surface area contributed by atoms with Gasteiger partial charge in [0.15, 0.2) is 0 Å². The molecule has 0 aliphatic heterocycles. The quantitative estimate of drug-likeness (QED) is 0.894. The zero-order chi connectivity index (χ0) is 13.0. The Hall–Kier alpha value is -1.60. The van der Waals surface area contributed by atoms with Crippen LogP contribution >= 0.6 is 0 Å². The highest BCUT2D eigenvalue weighted by Crippen LogP contribution is 2.25. The number of anilines is 1. The molecule has 1 aliphatic rings. The SMILES string of the molecule is COC1CCCC(Nc2ccc(C#N)cc2F)C1. The monoisotopic (exact) mass is 248 g/mol. The Kier molecular flexibility index (Phi) is 4.16. The average molecular weight is 248 g/mol. The van der Waals surface area contributed by atoms with E-state index in [0.29, 0.717) is 11.3 Å². The number of nitrogens with zero attached hydrogens (tertiary/aromatic N) is 1. The van der Waals surface area contributed by atoms with Crippen LogP contribution in [0, 0.1) is 17.1 Å². The van der Waals surface area contributed by atoms with Crippen molar-refractivity contribution in [3.63, 3.8) is 0 Å². The first-order valence-electron chi connectivity index (χ1n) is 6.22. The van der Waals surface area contributed by atoms with Gasteiger partial charge in [-0.25, -0.2) is 4.39 Å². The van der Waals surface area contributed by atoms with Crippen LogP contribution in [0.4, 0.5) is 10.1 Å². The standard InChI is InChI=1S/C14H17FN2O/c1-18-12-4-2-3-11(8-12)17-14-6-5-10(9-16)7-13(14)15/h5-7,11-12,17H,2-4,8H2,1H3. The maximum absolute atomic E-state index is 13.7. The van der Waals surface area contributed by atoms with Crippen molar-refractivity contribution in [2.24, 2.45) is 0 Å². The van der Waals surface area contributed by atoms with E-state index in [2.05, 4.69) is 5.32 Å². The molecule has 4 heteroatoms. The zero-order valence-electron chi connectivity index (χ0n) is 10.4. The first-order valence-corrected chi connectivity index (χ1v) is 6.22. The van der Waals surface area contributed by atoms with E-state index in [9.17, 15) is 4.39 Å². The third kappa shape index (κ3) is 2.99. The molecule has 1 aromatic carbocycles. The van der Waals surface area contributed by atoms with E-state index >= 15 is 0 Å². The lowest BCUT2D eigenvalue weighted by Crippen LogP contribution is -2.31. The summed E-state index contributed by atoms with van der Waals surface area (Å²) in [5.41, 5.74) is 0.812. The summed E-state index contributed by atoms with van der Waals surface area (Å²) in [6.45, 7) is 0. The van der Waals surface area contributed by atoms with Crippen LogP contribution in [-0.2, 0) is 4.74 Å². The second-order valence-electron chi connectivity index (χ2n) is 4.67. The Morgan fingerprint density at radius 2 is 2.28 bits per heavy atom. The molecule has 0 spiro atoms. The van der Waals surface area contributed by atoms with Gasteiger partial charge < -0.3 is 10.1 Å². The molecule has 1 N–H and O–H groups in total. The fourth-order valence-electron chi connectivity index (χ4n) is 2.41. The van der Waals surface area contributed by atoms with Crippen molar-refractivity contribution in [1.82, 2.24) is 0 Å². The summed E-state index contributed by atoms with van der Waals surface area (Å²) >= 11 is 0. The van der Waals surface area contributed by atoms with Crippen LogP contribution in [-0.4, -0.2) is 19.3 Å². The molecular weight excluding hydrogens is 231 g/mol. The summed E-state index contributed by atoms with van der Waals surface area (Å²) in [7, 11) is 1.72. The molecule has 2 unspecified atom stereocenters. The second-order valence-corrected chi connectivity index (χ2v) is 4.67. The summed E-state index contributed by atoms with van der Waals surface area (Å²) < 4.78 is 19.1. The van der Waals surface area contributed by atoms with Crippen molar-refractivity contribution >= 4 is 5.69 Å². The molecule has 0 heterocycles. The van der Waals surface area contributed by atoms with Gasteiger partial charge in [-0.05, 0) is 43.9 Å². The molecule has 1 saturated carbocycles. The predicted molar refractivity (Wildman–Crippen MR) is 67.8 cm³/mol. The molecule has 1 aromatic rings. The van der Waals surface area contributed by atoms with Crippen molar-refractivity contribution in [2.75, 3.05) is 12.4 Å². The molecule has 0 saturated heterocycles. The highest BCUT2D eigenvalue weighted by molar-refractivity contribution is 5.49. The third-order valence-electron chi connectivity index (χ3n) is 3.42. The van der Waals surface area contributed by atoms with Gasteiger partial charge in [-0.3, -0.25) is 0 Å². The molecule has 2 rings (SSSR count). The molecule has 2 atom stereocenters. The molecule has 3 nitrogen and oxygen atoms in total. The minimum atomic E-state index is -0.367. The number of nitrogens with one attached hydrogen (secondary N) is 1. The van der Waals surface area contributed by atoms with Crippen LogP contribution in [0.2, 0.25) is 0 Å². The molecule has 0 amide bonds. The predicted octanol–water partition coefficient (Wildman–Crippen LogP) is 3.07. The van der Waals surface area contributed by atoms with E-state index in [0.717, 1.165) is 25.7 Å². The van der Waals surface area contributed by atoms with E-state index in [1.54, 1.807) is 19.2 Å². The lowest BCUT2D eigenvalue weighted by Gasteiger charge is -2.29. The van der Waals surface area contributed by atoms with Gasteiger partial charge in [0.1, 0.15) is 5.82 Å². The average Bonchev–Trinajstić information content (AvgIpc) is 2.41. The maximum Gasteiger partial charge on any atom is 0.147 e. The summed E-state index contributed by atoms with van der Waals surface area (Å²) in [6, 6.07) is 6.69. The fraction of sp³-hybridized carbons (Fsp3) is 0.500. The summed E-state index contributed by atoms with van der Waals surface area (Å²) in [4.78, 5) is 0. The van der Waals surface area contributed by atoms with E-state index in [4.69, 9.17) is 10.00 Å². The van der Waals surface area contributed by atoms with Gasteiger partial charge in [-0.1, -0.05) is 0 Å². The maximum atomic E-state index is 13.7. The number of rotatable bonds is 3. The minimum absolute atomic E-state index is 0.242. The molecule has 96 valence electrons. The van der Waals surface area contributed by atoms with Crippen molar-refractivity contribution in [1.29, 1.82) is 5.26 Å². The van der Waals surface area contributed by atoms with Crippen LogP contribution < -0.4 is 5.32 Å². The van der Waals surface area contributed by atoms with E-state index in [-0.39, 0.29) is 18.0 Å². The number of halogens is 1. The van der Waals surface area contributed by atoms with Crippen LogP contribution in [0.25, 0.3) is 0 Å². The Labute approximate surface area is 107 Å². The highest BCUT2D eigenvalue weighted by atomic mass is 19.1. The number of benzene rings is 1. The van der Waals surface area contributed by atoms with Crippen LogP contribution in [0.15, 0.2) is 18.2 Å². The van der Waals surface area contributed by atoms with E-state index in [1.165, 1.54) is 6.07 Å². The molecular formula is C14H17FN2O. The first kappa shape index (κ1) is 12.8. The highest BCUT2D eigenvalue weighted by Gasteiger charge is 2.22. The largest absolute Gasteiger partial charge is 0.381 e. The summed E-state index contributed by atoms with van der Waals surface area (Å²) in [6.07, 6.45) is 4.35. The van der Waals surface area contributed by atoms with Crippen molar-refractivity contribution in [3.05, 3.63) is 29.6 Å². The summed E-state index contributed by atoms with van der Waals surface area (Å²) in [5, 5.41) is 11.9. The van der Waals surface area contributed by atoms with Gasteiger partial charge in [0.25, 0.3) is 0 Å². The molecule has 1 aliphatic carbocycles. The number of methoxy groups -OCH3 is 1. The Bertz CT molecular complexity index is 456. The molecule has 18 heavy (non-hydrogen) atoms. The topological polar surface area (TPSA) is 45.0 Å². The first-order chi connectivity index (χ1) is 8.72. The van der Waals surface area contributed by atoms with Gasteiger partial charge in [-0.15, -0.1) is 0 Å². The van der Waals surface area contributed by atoms with Crippen LogP contribution in [0.5, 0.6) is 0 Å². The smallest absolute Gasteiger partial charge is 0.147 e. The molecule has 0 bridgehead atoms. The van der Waals surface area contributed by atoms with Gasteiger partial charge in [0, 0.05) is 13.2 Å². The van der Waals surface area contributed by atoms with Gasteiger partial charge in [-0.2, -0.15) is 5.26 Å². The van der Waals surface area contributed by atoms with Gasteiger partial charge >= 0.3 is 0 Å². The minimum Gasteiger partial charge on any atom is -0.381 e. The molecule has 1 fully saturated rings. The molecule has 0 radical (unpaired) electrons. The number of nitriles is 1. The lowest BCUT2D eigenvalue weighted by molar-refractivity contribution is 0.0669. The van der Waals surface area contributed by atoms with Gasteiger partial charge in [0.05, 0.1) is 23.4 Å². The zero-order valence-corrected chi connectivity index (χ0v) is 10.4.